The van der Waals surface area contributed by atoms with E-state index in [9.17, 15) is 4.79 Å². The molecule has 1 amide bonds. The number of ether oxygens (including phenoxy) is 2. The van der Waals surface area contributed by atoms with Crippen LogP contribution in [0.15, 0.2) is 36.2 Å². The highest BCUT2D eigenvalue weighted by molar-refractivity contribution is 5.73. The van der Waals surface area contributed by atoms with Crippen molar-refractivity contribution in [3.8, 4) is 11.8 Å². The molecule has 0 atom stereocenters. The third kappa shape index (κ3) is 4.19. The van der Waals surface area contributed by atoms with Crippen LogP contribution in [0.25, 0.3) is 0 Å². The number of carbonyl (C=O) groups is 1. The second kappa shape index (κ2) is 5.88. The van der Waals surface area contributed by atoms with Gasteiger partial charge in [-0.1, -0.05) is 12.0 Å². The van der Waals surface area contributed by atoms with E-state index in [1.165, 1.54) is 11.2 Å². The number of anilines is 1. The molecule has 2 N–H and O–H groups in total. The van der Waals surface area contributed by atoms with Crippen molar-refractivity contribution in [3.05, 3.63) is 41.8 Å². The van der Waals surface area contributed by atoms with Gasteiger partial charge in [-0.25, -0.2) is 9.69 Å². The number of nitrogens with two attached hydrogens (primary N) is 1. The van der Waals surface area contributed by atoms with Gasteiger partial charge < -0.3 is 15.2 Å². The average Bonchev–Trinajstić information content (AvgIpc) is 2.69. The van der Waals surface area contributed by atoms with Gasteiger partial charge >= 0.3 is 6.09 Å². The van der Waals surface area contributed by atoms with Gasteiger partial charge in [0.05, 0.1) is 0 Å². The first-order valence-electron chi connectivity index (χ1n) is 7.37. The fourth-order valence-corrected chi connectivity index (χ4v) is 2.06. The second-order valence-corrected chi connectivity index (χ2v) is 6.76. The van der Waals surface area contributed by atoms with E-state index in [0.717, 1.165) is 5.56 Å². The summed E-state index contributed by atoms with van der Waals surface area (Å²) in [6.07, 6.45) is 0.983. The molecule has 0 bridgehead atoms. The van der Waals surface area contributed by atoms with E-state index in [0.29, 0.717) is 11.4 Å². The predicted molar refractivity (Wildman–Crippen MR) is 89.1 cm³/mol. The summed E-state index contributed by atoms with van der Waals surface area (Å²) < 4.78 is 11.0. The molecule has 2 rings (SSSR count). The van der Waals surface area contributed by atoms with Crippen LogP contribution in [0.3, 0.4) is 0 Å². The van der Waals surface area contributed by atoms with Crippen LogP contribution in [0.4, 0.5) is 10.5 Å². The summed E-state index contributed by atoms with van der Waals surface area (Å²) in [5.74, 6) is 5.94. The maximum Gasteiger partial charge on any atom is 0.418 e. The van der Waals surface area contributed by atoms with Crippen LogP contribution < -0.4 is 5.73 Å². The van der Waals surface area contributed by atoms with Gasteiger partial charge in [0.15, 0.2) is 5.72 Å². The molecule has 0 saturated heterocycles. The number of amides is 1. The lowest BCUT2D eigenvalue weighted by Crippen LogP contribution is -2.46. The number of rotatable bonds is 0. The van der Waals surface area contributed by atoms with Crippen molar-refractivity contribution in [2.75, 3.05) is 5.73 Å². The highest BCUT2D eigenvalue weighted by atomic mass is 16.6. The van der Waals surface area contributed by atoms with E-state index < -0.39 is 17.4 Å². The van der Waals surface area contributed by atoms with E-state index in [2.05, 4.69) is 11.8 Å². The highest BCUT2D eigenvalue weighted by Gasteiger charge is 2.41. The molecule has 23 heavy (non-hydrogen) atoms. The minimum atomic E-state index is -0.845. The summed E-state index contributed by atoms with van der Waals surface area (Å²) in [4.78, 5) is 13.9. The third-order valence-corrected chi connectivity index (χ3v) is 3.04. The Balaban J connectivity index is 2.26. The Bertz CT molecular complexity index is 703. The van der Waals surface area contributed by atoms with Crippen molar-refractivity contribution >= 4 is 11.8 Å². The van der Waals surface area contributed by atoms with Gasteiger partial charge in [0.1, 0.15) is 17.6 Å². The van der Waals surface area contributed by atoms with Gasteiger partial charge in [-0.3, -0.25) is 0 Å². The van der Waals surface area contributed by atoms with E-state index in [1.807, 2.05) is 32.9 Å². The van der Waals surface area contributed by atoms with Gasteiger partial charge in [-0.2, -0.15) is 0 Å². The van der Waals surface area contributed by atoms with Crippen molar-refractivity contribution in [2.24, 2.45) is 0 Å². The van der Waals surface area contributed by atoms with Crippen LogP contribution in [-0.4, -0.2) is 22.3 Å². The van der Waals surface area contributed by atoms with Crippen LogP contribution >= 0.6 is 0 Å². The maximum atomic E-state index is 12.4. The zero-order valence-corrected chi connectivity index (χ0v) is 14.1. The lowest BCUT2D eigenvalue weighted by molar-refractivity contribution is -0.0476. The number of nitrogen functional groups attached to an aromatic ring is 1. The Morgan fingerprint density at radius 3 is 2.61 bits per heavy atom. The van der Waals surface area contributed by atoms with Crippen LogP contribution in [0.1, 0.15) is 40.2 Å². The van der Waals surface area contributed by atoms with Crippen LogP contribution in [0.5, 0.6) is 0 Å². The third-order valence-electron chi connectivity index (χ3n) is 3.04. The van der Waals surface area contributed by atoms with E-state index >= 15 is 0 Å². The first-order chi connectivity index (χ1) is 10.6. The molecular formula is C18H22N2O3. The molecule has 1 heterocycles. The number of carbonyl (C=O) groups excluding carboxylic acids is 1. The average molecular weight is 314 g/mol. The van der Waals surface area contributed by atoms with E-state index in [4.69, 9.17) is 15.2 Å². The fraction of sp³-hybridized carbons (Fsp3) is 0.389. The molecule has 1 aromatic carbocycles. The summed E-state index contributed by atoms with van der Waals surface area (Å²) in [7, 11) is 0. The molecule has 0 aliphatic carbocycles. The minimum absolute atomic E-state index is 0.451. The molecule has 1 aliphatic heterocycles. The van der Waals surface area contributed by atoms with Crippen LogP contribution in [0, 0.1) is 11.8 Å². The molecular weight excluding hydrogens is 292 g/mol. The molecule has 0 unspecified atom stereocenters. The lowest BCUT2D eigenvalue weighted by atomic mass is 10.2. The van der Waals surface area contributed by atoms with Crippen molar-refractivity contribution in [1.29, 1.82) is 0 Å². The van der Waals surface area contributed by atoms with Gasteiger partial charge in [0, 0.05) is 11.3 Å². The maximum absolute atomic E-state index is 12.4. The number of hydrogen-bond donors (Lipinski definition) is 1. The largest absolute Gasteiger partial charge is 0.473 e. The molecule has 0 radical (unpaired) electrons. The summed E-state index contributed by atoms with van der Waals surface area (Å²) in [6.45, 7) is 9.01. The Kier molecular flexibility index (Phi) is 4.28. The lowest BCUT2D eigenvalue weighted by Gasteiger charge is -2.32. The van der Waals surface area contributed by atoms with Crippen molar-refractivity contribution in [3.63, 3.8) is 0 Å². The van der Waals surface area contributed by atoms with Crippen molar-refractivity contribution < 1.29 is 14.3 Å². The van der Waals surface area contributed by atoms with E-state index in [-0.39, 0.29) is 0 Å². The molecule has 1 aromatic rings. The minimum Gasteiger partial charge on any atom is -0.473 e. The Morgan fingerprint density at radius 1 is 1.30 bits per heavy atom. The quantitative estimate of drug-likeness (QED) is 0.588. The SMILES string of the molecule is CC(C)(C)OC(=O)N1C(C#Cc2cccc(N)c2)=COC1(C)C. The first kappa shape index (κ1) is 16.8. The van der Waals surface area contributed by atoms with Gasteiger partial charge in [-0.15, -0.1) is 0 Å². The zero-order valence-electron chi connectivity index (χ0n) is 14.1. The van der Waals surface area contributed by atoms with Gasteiger partial charge in [0.2, 0.25) is 0 Å². The van der Waals surface area contributed by atoms with Gasteiger partial charge in [0.25, 0.3) is 0 Å². The monoisotopic (exact) mass is 314 g/mol. The van der Waals surface area contributed by atoms with Gasteiger partial charge in [-0.05, 0) is 58.7 Å². The number of allylic oxidation sites excluding steroid dienone is 1. The van der Waals surface area contributed by atoms with Crippen molar-refractivity contribution in [1.82, 2.24) is 4.90 Å². The fourth-order valence-electron chi connectivity index (χ4n) is 2.06. The first-order valence-corrected chi connectivity index (χ1v) is 7.37. The molecule has 0 spiro atoms. The summed E-state index contributed by atoms with van der Waals surface area (Å²) >= 11 is 0. The highest BCUT2D eigenvalue weighted by Crippen LogP contribution is 2.30. The standard InChI is InChI=1S/C18H22N2O3/c1-17(2,3)23-16(21)20-15(12-22-18(20,4)5)10-9-13-7-6-8-14(19)11-13/h6-8,11-12H,19H2,1-5H3. The molecule has 5 nitrogen and oxygen atoms in total. The Hall–Kier alpha value is -2.61. The zero-order chi connectivity index (χ0) is 17.3. The predicted octanol–water partition coefficient (Wildman–Crippen LogP) is 3.47. The smallest absolute Gasteiger partial charge is 0.418 e. The van der Waals surface area contributed by atoms with Crippen LogP contribution in [-0.2, 0) is 9.47 Å². The summed E-state index contributed by atoms with van der Waals surface area (Å²) in [5.41, 5.74) is 6.15. The molecule has 5 heteroatoms. The normalized spacial score (nSPS) is 16.0. The van der Waals surface area contributed by atoms with E-state index in [1.54, 1.807) is 26.0 Å². The molecule has 1 aliphatic rings. The molecule has 0 aromatic heterocycles. The number of hydrogen-bond acceptors (Lipinski definition) is 4. The number of nitrogens with zero attached hydrogens (tertiary/aromatic N) is 1. The molecule has 0 fully saturated rings. The Labute approximate surface area is 137 Å². The number of benzene rings is 1. The molecule has 0 saturated carbocycles. The second-order valence-electron chi connectivity index (χ2n) is 6.76. The molecule has 122 valence electrons. The van der Waals surface area contributed by atoms with Crippen molar-refractivity contribution in [2.45, 2.75) is 45.9 Å². The Morgan fingerprint density at radius 2 is 2.00 bits per heavy atom. The topological polar surface area (TPSA) is 64.8 Å². The summed E-state index contributed by atoms with van der Waals surface area (Å²) in [6, 6.07) is 7.24. The summed E-state index contributed by atoms with van der Waals surface area (Å²) in [5, 5.41) is 0. The van der Waals surface area contributed by atoms with Crippen LogP contribution in [0.2, 0.25) is 0 Å².